The molecule has 3 nitrogen and oxygen atoms in total. The molecule has 1 saturated heterocycles. The lowest BCUT2D eigenvalue weighted by atomic mass is 9.93. The zero-order valence-electron chi connectivity index (χ0n) is 8.66. The Bertz CT molecular complexity index is 455. The summed E-state index contributed by atoms with van der Waals surface area (Å²) in [5, 5.41) is 3.45. The quantitative estimate of drug-likeness (QED) is 0.741. The van der Waals surface area contributed by atoms with Crippen molar-refractivity contribution in [3.8, 4) is 0 Å². The standard InChI is InChI=1S/C12H15N3/c1-3-9(7-13-5-1)10-8-15-11-4-2-6-14-12(10)11/h2,4,6,8-9,13,15H,1,3,5,7H2. The molecule has 3 rings (SSSR count). The van der Waals surface area contributed by atoms with E-state index in [0.29, 0.717) is 5.92 Å². The van der Waals surface area contributed by atoms with Crippen LogP contribution in [0.3, 0.4) is 0 Å². The summed E-state index contributed by atoms with van der Waals surface area (Å²) in [6.07, 6.45) is 6.53. The number of aromatic amines is 1. The van der Waals surface area contributed by atoms with Gasteiger partial charge >= 0.3 is 0 Å². The van der Waals surface area contributed by atoms with Crippen LogP contribution in [0.25, 0.3) is 11.0 Å². The molecular formula is C12H15N3. The topological polar surface area (TPSA) is 40.7 Å². The number of piperidine rings is 1. The Morgan fingerprint density at radius 1 is 1.40 bits per heavy atom. The van der Waals surface area contributed by atoms with E-state index in [4.69, 9.17) is 0 Å². The van der Waals surface area contributed by atoms with Gasteiger partial charge in [-0.2, -0.15) is 0 Å². The number of hydrogen-bond donors (Lipinski definition) is 2. The van der Waals surface area contributed by atoms with Gasteiger partial charge in [-0.25, -0.2) is 0 Å². The Morgan fingerprint density at radius 2 is 2.40 bits per heavy atom. The molecular weight excluding hydrogens is 186 g/mol. The number of nitrogens with one attached hydrogen (secondary N) is 2. The van der Waals surface area contributed by atoms with Crippen molar-refractivity contribution < 1.29 is 0 Å². The smallest absolute Gasteiger partial charge is 0.0914 e. The lowest BCUT2D eigenvalue weighted by Crippen LogP contribution is -2.28. The van der Waals surface area contributed by atoms with Crippen LogP contribution in [0, 0.1) is 0 Å². The van der Waals surface area contributed by atoms with Crippen molar-refractivity contribution in [2.24, 2.45) is 0 Å². The number of pyridine rings is 1. The fourth-order valence-electron chi connectivity index (χ4n) is 2.40. The minimum Gasteiger partial charge on any atom is -0.360 e. The molecule has 0 amide bonds. The van der Waals surface area contributed by atoms with Gasteiger partial charge in [0.2, 0.25) is 0 Å². The Labute approximate surface area is 88.9 Å². The SMILES string of the molecule is c1cnc2c(C3CCCNC3)c[nH]c2c1. The first-order valence-electron chi connectivity index (χ1n) is 5.58. The van der Waals surface area contributed by atoms with Gasteiger partial charge in [0.05, 0.1) is 11.0 Å². The fourth-order valence-corrected chi connectivity index (χ4v) is 2.40. The van der Waals surface area contributed by atoms with Crippen molar-refractivity contribution in [1.82, 2.24) is 15.3 Å². The van der Waals surface area contributed by atoms with Crippen LogP contribution in [0.2, 0.25) is 0 Å². The van der Waals surface area contributed by atoms with Crippen LogP contribution in [-0.4, -0.2) is 23.1 Å². The molecule has 0 bridgehead atoms. The Kier molecular flexibility index (Phi) is 2.18. The van der Waals surface area contributed by atoms with Crippen molar-refractivity contribution in [2.75, 3.05) is 13.1 Å². The minimum absolute atomic E-state index is 0.627. The number of nitrogens with zero attached hydrogens (tertiary/aromatic N) is 1. The van der Waals surface area contributed by atoms with E-state index in [0.717, 1.165) is 24.1 Å². The highest BCUT2D eigenvalue weighted by atomic mass is 14.9. The van der Waals surface area contributed by atoms with Gasteiger partial charge in [-0.05, 0) is 31.5 Å². The maximum absolute atomic E-state index is 4.46. The predicted octanol–water partition coefficient (Wildman–Crippen LogP) is 2.03. The molecule has 15 heavy (non-hydrogen) atoms. The minimum atomic E-state index is 0.627. The van der Waals surface area contributed by atoms with Crippen LogP contribution in [-0.2, 0) is 0 Å². The molecule has 3 heteroatoms. The van der Waals surface area contributed by atoms with E-state index in [9.17, 15) is 0 Å². The van der Waals surface area contributed by atoms with Crippen LogP contribution in [0.5, 0.6) is 0 Å². The molecule has 1 aliphatic heterocycles. The zero-order valence-corrected chi connectivity index (χ0v) is 8.66. The average molecular weight is 201 g/mol. The third-order valence-electron chi connectivity index (χ3n) is 3.20. The van der Waals surface area contributed by atoms with E-state index in [-0.39, 0.29) is 0 Å². The second kappa shape index (κ2) is 3.66. The molecule has 2 aromatic rings. The summed E-state index contributed by atoms with van der Waals surface area (Å²) in [4.78, 5) is 7.75. The highest BCUT2D eigenvalue weighted by molar-refractivity contribution is 5.79. The third-order valence-corrected chi connectivity index (χ3v) is 3.20. The summed E-state index contributed by atoms with van der Waals surface area (Å²) < 4.78 is 0. The normalized spacial score (nSPS) is 22.0. The van der Waals surface area contributed by atoms with Gasteiger partial charge in [0, 0.05) is 30.4 Å². The van der Waals surface area contributed by atoms with Crippen LogP contribution < -0.4 is 5.32 Å². The summed E-state index contributed by atoms with van der Waals surface area (Å²) in [5.41, 5.74) is 3.67. The number of rotatable bonds is 1. The second-order valence-electron chi connectivity index (χ2n) is 4.19. The first kappa shape index (κ1) is 8.92. The molecule has 2 aromatic heterocycles. The zero-order chi connectivity index (χ0) is 10.1. The van der Waals surface area contributed by atoms with E-state index in [1.807, 2.05) is 12.3 Å². The largest absolute Gasteiger partial charge is 0.360 e. The fraction of sp³-hybridized carbons (Fsp3) is 0.417. The highest BCUT2D eigenvalue weighted by Crippen LogP contribution is 2.28. The number of fused-ring (bicyclic) bond motifs is 1. The van der Waals surface area contributed by atoms with Gasteiger partial charge in [0.25, 0.3) is 0 Å². The van der Waals surface area contributed by atoms with E-state index >= 15 is 0 Å². The number of aromatic nitrogens is 2. The monoisotopic (exact) mass is 201 g/mol. The van der Waals surface area contributed by atoms with Crippen LogP contribution in [0.4, 0.5) is 0 Å². The van der Waals surface area contributed by atoms with Crippen molar-refractivity contribution in [1.29, 1.82) is 0 Å². The van der Waals surface area contributed by atoms with Crippen LogP contribution >= 0.6 is 0 Å². The summed E-state index contributed by atoms with van der Waals surface area (Å²) in [6, 6.07) is 4.06. The molecule has 0 saturated carbocycles. The van der Waals surface area contributed by atoms with Crippen molar-refractivity contribution in [3.05, 3.63) is 30.1 Å². The van der Waals surface area contributed by atoms with E-state index in [1.54, 1.807) is 0 Å². The van der Waals surface area contributed by atoms with Gasteiger partial charge in [-0.15, -0.1) is 0 Å². The van der Waals surface area contributed by atoms with Crippen molar-refractivity contribution in [3.63, 3.8) is 0 Å². The average Bonchev–Trinajstić information content (AvgIpc) is 2.74. The maximum atomic E-state index is 4.46. The number of H-pyrrole nitrogens is 1. The van der Waals surface area contributed by atoms with Crippen molar-refractivity contribution in [2.45, 2.75) is 18.8 Å². The van der Waals surface area contributed by atoms with Crippen LogP contribution in [0.15, 0.2) is 24.5 Å². The molecule has 0 aliphatic carbocycles. The molecule has 1 aliphatic rings. The van der Waals surface area contributed by atoms with Gasteiger partial charge in [-0.1, -0.05) is 0 Å². The molecule has 0 spiro atoms. The Balaban J connectivity index is 2.02. The van der Waals surface area contributed by atoms with Crippen molar-refractivity contribution >= 4 is 11.0 Å². The Hall–Kier alpha value is -1.35. The van der Waals surface area contributed by atoms with Gasteiger partial charge < -0.3 is 10.3 Å². The molecule has 0 aromatic carbocycles. The highest BCUT2D eigenvalue weighted by Gasteiger charge is 2.18. The molecule has 78 valence electrons. The number of hydrogen-bond acceptors (Lipinski definition) is 2. The molecule has 1 atom stereocenters. The summed E-state index contributed by atoms with van der Waals surface area (Å²) >= 11 is 0. The van der Waals surface area contributed by atoms with Crippen LogP contribution in [0.1, 0.15) is 24.3 Å². The van der Waals surface area contributed by atoms with E-state index < -0.39 is 0 Å². The lowest BCUT2D eigenvalue weighted by molar-refractivity contribution is 0.463. The first-order valence-corrected chi connectivity index (χ1v) is 5.58. The van der Waals surface area contributed by atoms with Gasteiger partial charge in [0.15, 0.2) is 0 Å². The third kappa shape index (κ3) is 1.53. The maximum Gasteiger partial charge on any atom is 0.0914 e. The van der Waals surface area contributed by atoms with Gasteiger partial charge in [0.1, 0.15) is 0 Å². The molecule has 2 N–H and O–H groups in total. The summed E-state index contributed by atoms with van der Waals surface area (Å²) in [7, 11) is 0. The summed E-state index contributed by atoms with van der Waals surface area (Å²) in [6.45, 7) is 2.25. The molecule has 1 fully saturated rings. The molecule has 1 unspecified atom stereocenters. The van der Waals surface area contributed by atoms with E-state index in [2.05, 4.69) is 27.5 Å². The lowest BCUT2D eigenvalue weighted by Gasteiger charge is -2.21. The molecule has 3 heterocycles. The Morgan fingerprint density at radius 3 is 3.27 bits per heavy atom. The first-order chi connectivity index (χ1) is 7.45. The van der Waals surface area contributed by atoms with Gasteiger partial charge in [-0.3, -0.25) is 4.98 Å². The second-order valence-corrected chi connectivity index (χ2v) is 4.19. The van der Waals surface area contributed by atoms with E-state index in [1.165, 1.54) is 18.4 Å². The molecule has 0 radical (unpaired) electrons. The predicted molar refractivity (Wildman–Crippen MR) is 60.9 cm³/mol. The summed E-state index contributed by atoms with van der Waals surface area (Å²) in [5.74, 6) is 0.627.